The fourth-order valence-electron chi connectivity index (χ4n) is 2.00. The van der Waals surface area contributed by atoms with Crippen molar-refractivity contribution in [1.29, 1.82) is 0 Å². The number of rotatable bonds is 7. The number of anilines is 1. The number of halogens is 1. The van der Waals surface area contributed by atoms with Gasteiger partial charge in [-0.25, -0.2) is 4.98 Å². The standard InChI is InChI=1S/C17H15BrN4O3S/c1-2-24-13-6-3-11(4-7-13)16-21-22-17(25-16)26-10-15(23)20-14-8-5-12(18)9-19-14/h3-9H,2,10H2,1H3,(H,19,20,23). The van der Waals surface area contributed by atoms with E-state index in [0.717, 1.165) is 27.5 Å². The molecule has 1 N–H and O–H groups in total. The van der Waals surface area contributed by atoms with Gasteiger partial charge in [0.2, 0.25) is 11.8 Å². The molecule has 0 fully saturated rings. The number of pyridine rings is 1. The third-order valence-electron chi connectivity index (χ3n) is 3.14. The van der Waals surface area contributed by atoms with E-state index < -0.39 is 0 Å². The molecule has 0 unspecified atom stereocenters. The maximum absolute atomic E-state index is 12.0. The van der Waals surface area contributed by atoms with Crippen LogP contribution in [0.2, 0.25) is 0 Å². The van der Waals surface area contributed by atoms with Crippen molar-refractivity contribution in [3.8, 4) is 17.2 Å². The Morgan fingerprint density at radius 1 is 1.23 bits per heavy atom. The van der Waals surface area contributed by atoms with E-state index >= 15 is 0 Å². The SMILES string of the molecule is CCOc1ccc(-c2nnc(SCC(=O)Nc3ccc(Br)cn3)o2)cc1. The molecule has 0 bridgehead atoms. The fraction of sp³-hybridized carbons (Fsp3) is 0.176. The van der Waals surface area contributed by atoms with Gasteiger partial charge in [0.1, 0.15) is 11.6 Å². The largest absolute Gasteiger partial charge is 0.494 e. The molecule has 7 nitrogen and oxygen atoms in total. The normalized spacial score (nSPS) is 10.5. The van der Waals surface area contributed by atoms with E-state index in [1.165, 1.54) is 0 Å². The first kappa shape index (κ1) is 18.4. The van der Waals surface area contributed by atoms with Crippen LogP contribution in [0, 0.1) is 0 Å². The number of carbonyl (C=O) groups excluding carboxylic acids is 1. The van der Waals surface area contributed by atoms with Gasteiger partial charge in [0, 0.05) is 16.2 Å². The Labute approximate surface area is 162 Å². The van der Waals surface area contributed by atoms with Crippen LogP contribution in [0.15, 0.2) is 56.7 Å². The summed E-state index contributed by atoms with van der Waals surface area (Å²) in [7, 11) is 0. The lowest BCUT2D eigenvalue weighted by molar-refractivity contribution is -0.113. The van der Waals surface area contributed by atoms with E-state index in [9.17, 15) is 4.79 Å². The lowest BCUT2D eigenvalue weighted by Crippen LogP contribution is -2.14. The van der Waals surface area contributed by atoms with Gasteiger partial charge >= 0.3 is 0 Å². The molecule has 26 heavy (non-hydrogen) atoms. The molecule has 3 aromatic rings. The number of aromatic nitrogens is 3. The zero-order chi connectivity index (χ0) is 18.4. The quantitative estimate of drug-likeness (QED) is 0.561. The minimum absolute atomic E-state index is 0.142. The van der Waals surface area contributed by atoms with Crippen LogP contribution >= 0.6 is 27.7 Å². The van der Waals surface area contributed by atoms with Crippen molar-refractivity contribution < 1.29 is 13.9 Å². The molecule has 2 heterocycles. The number of thioether (sulfide) groups is 1. The number of benzene rings is 1. The average Bonchev–Trinajstić information content (AvgIpc) is 3.12. The smallest absolute Gasteiger partial charge is 0.277 e. The Bertz CT molecular complexity index is 868. The summed E-state index contributed by atoms with van der Waals surface area (Å²) in [5.41, 5.74) is 0.788. The summed E-state index contributed by atoms with van der Waals surface area (Å²) in [6.45, 7) is 2.54. The topological polar surface area (TPSA) is 90.1 Å². The minimum Gasteiger partial charge on any atom is -0.494 e. The van der Waals surface area contributed by atoms with E-state index in [-0.39, 0.29) is 11.7 Å². The molecular weight excluding hydrogens is 420 g/mol. The molecule has 9 heteroatoms. The van der Waals surface area contributed by atoms with Crippen molar-refractivity contribution in [3.63, 3.8) is 0 Å². The molecular formula is C17H15BrN4O3S. The highest BCUT2D eigenvalue weighted by Gasteiger charge is 2.12. The predicted octanol–water partition coefficient (Wildman–Crippen LogP) is 4.02. The van der Waals surface area contributed by atoms with Crippen molar-refractivity contribution in [2.75, 3.05) is 17.7 Å². The van der Waals surface area contributed by atoms with Gasteiger partial charge in [-0.05, 0) is 59.3 Å². The van der Waals surface area contributed by atoms with Crippen LogP contribution in [0.25, 0.3) is 11.5 Å². The maximum Gasteiger partial charge on any atom is 0.277 e. The second-order valence-corrected chi connectivity index (χ2v) is 6.87. The minimum atomic E-state index is -0.203. The first-order valence-corrected chi connectivity index (χ1v) is 9.53. The molecule has 0 aliphatic carbocycles. The Morgan fingerprint density at radius 2 is 2.04 bits per heavy atom. The second-order valence-electron chi connectivity index (χ2n) is 5.03. The highest BCUT2D eigenvalue weighted by Crippen LogP contribution is 2.25. The van der Waals surface area contributed by atoms with Crippen LogP contribution < -0.4 is 10.1 Å². The molecule has 0 aliphatic rings. The molecule has 3 rings (SSSR count). The Balaban J connectivity index is 1.54. The lowest BCUT2D eigenvalue weighted by atomic mass is 10.2. The zero-order valence-corrected chi connectivity index (χ0v) is 16.2. The summed E-state index contributed by atoms with van der Waals surface area (Å²) >= 11 is 4.46. The Morgan fingerprint density at radius 3 is 2.73 bits per heavy atom. The molecule has 134 valence electrons. The Hall–Kier alpha value is -2.39. The first-order valence-electron chi connectivity index (χ1n) is 7.75. The third kappa shape index (κ3) is 5.06. The molecule has 0 saturated heterocycles. The molecule has 0 saturated carbocycles. The van der Waals surface area contributed by atoms with Crippen LogP contribution in [0.1, 0.15) is 6.92 Å². The zero-order valence-electron chi connectivity index (χ0n) is 13.8. The predicted molar refractivity (Wildman–Crippen MR) is 102 cm³/mol. The monoisotopic (exact) mass is 434 g/mol. The summed E-state index contributed by atoms with van der Waals surface area (Å²) in [5, 5.41) is 11.0. The van der Waals surface area contributed by atoms with Gasteiger partial charge in [-0.2, -0.15) is 0 Å². The van der Waals surface area contributed by atoms with Gasteiger partial charge in [-0.1, -0.05) is 11.8 Å². The van der Waals surface area contributed by atoms with E-state index in [1.807, 2.05) is 31.2 Å². The lowest BCUT2D eigenvalue weighted by Gasteiger charge is -2.03. The number of ether oxygens (including phenoxy) is 1. The number of carbonyl (C=O) groups is 1. The van der Waals surface area contributed by atoms with Gasteiger partial charge in [0.25, 0.3) is 5.22 Å². The summed E-state index contributed by atoms with van der Waals surface area (Å²) < 4.78 is 11.8. The first-order chi connectivity index (χ1) is 12.6. The van der Waals surface area contributed by atoms with Gasteiger partial charge in [0.05, 0.1) is 12.4 Å². The van der Waals surface area contributed by atoms with Crippen molar-refractivity contribution in [2.24, 2.45) is 0 Å². The molecule has 0 radical (unpaired) electrons. The number of nitrogens with zero attached hydrogens (tertiary/aromatic N) is 3. The van der Waals surface area contributed by atoms with E-state index in [4.69, 9.17) is 9.15 Å². The summed E-state index contributed by atoms with van der Waals surface area (Å²) in [6.07, 6.45) is 1.61. The molecule has 2 aromatic heterocycles. The maximum atomic E-state index is 12.0. The van der Waals surface area contributed by atoms with Crippen LogP contribution in [0.4, 0.5) is 5.82 Å². The highest BCUT2D eigenvalue weighted by atomic mass is 79.9. The number of hydrogen-bond acceptors (Lipinski definition) is 7. The molecule has 0 spiro atoms. The van der Waals surface area contributed by atoms with Gasteiger partial charge in [0.15, 0.2) is 0 Å². The summed E-state index contributed by atoms with van der Waals surface area (Å²) in [5.74, 6) is 1.60. The van der Waals surface area contributed by atoms with Crippen LogP contribution in [-0.4, -0.2) is 33.4 Å². The van der Waals surface area contributed by atoms with Crippen LogP contribution in [0.5, 0.6) is 5.75 Å². The summed E-state index contributed by atoms with van der Waals surface area (Å²) in [6, 6.07) is 10.9. The molecule has 1 aromatic carbocycles. The summed E-state index contributed by atoms with van der Waals surface area (Å²) in [4.78, 5) is 16.0. The van der Waals surface area contributed by atoms with E-state index in [1.54, 1.807) is 18.3 Å². The van der Waals surface area contributed by atoms with Gasteiger partial charge < -0.3 is 14.5 Å². The number of nitrogens with one attached hydrogen (secondary N) is 1. The van der Waals surface area contributed by atoms with Crippen molar-refractivity contribution in [2.45, 2.75) is 12.1 Å². The second kappa shape index (κ2) is 8.81. The van der Waals surface area contributed by atoms with Crippen LogP contribution in [-0.2, 0) is 4.79 Å². The highest BCUT2D eigenvalue weighted by molar-refractivity contribution is 9.10. The van der Waals surface area contributed by atoms with Crippen molar-refractivity contribution in [1.82, 2.24) is 15.2 Å². The number of amides is 1. The third-order valence-corrected chi connectivity index (χ3v) is 4.43. The van der Waals surface area contributed by atoms with Crippen molar-refractivity contribution in [3.05, 3.63) is 47.1 Å². The molecule has 0 aliphatic heterocycles. The van der Waals surface area contributed by atoms with E-state index in [0.29, 0.717) is 23.5 Å². The van der Waals surface area contributed by atoms with Gasteiger partial charge in [-0.3, -0.25) is 4.79 Å². The van der Waals surface area contributed by atoms with Crippen molar-refractivity contribution >= 4 is 39.4 Å². The average molecular weight is 435 g/mol. The number of hydrogen-bond donors (Lipinski definition) is 1. The van der Waals surface area contributed by atoms with Gasteiger partial charge in [-0.15, -0.1) is 10.2 Å². The van der Waals surface area contributed by atoms with E-state index in [2.05, 4.69) is 36.4 Å². The molecule has 1 amide bonds. The van der Waals surface area contributed by atoms with Crippen LogP contribution in [0.3, 0.4) is 0 Å². The fourth-order valence-corrected chi connectivity index (χ4v) is 2.80. The molecule has 0 atom stereocenters. The Kier molecular flexibility index (Phi) is 6.24.